The molecule has 5 heteroatoms. The largest absolute Gasteiger partial charge is 0.506 e. The molecule has 0 radical (unpaired) electrons. The molecule has 0 saturated carbocycles. The number of rotatable bonds is 3. The van der Waals surface area contributed by atoms with E-state index in [4.69, 9.17) is 21.1 Å². The van der Waals surface area contributed by atoms with Crippen molar-refractivity contribution in [3.8, 4) is 17.2 Å². The summed E-state index contributed by atoms with van der Waals surface area (Å²) in [4.78, 5) is 12.6. The Balaban J connectivity index is 1.99. The average Bonchev–Trinajstić information content (AvgIpc) is 2.85. The fourth-order valence-electron chi connectivity index (χ4n) is 2.67. The van der Waals surface area contributed by atoms with Crippen molar-refractivity contribution in [3.63, 3.8) is 0 Å². The van der Waals surface area contributed by atoms with Crippen molar-refractivity contribution in [1.82, 2.24) is 0 Å². The molecular weight excluding hydrogens is 316 g/mol. The number of phenolic OH excluding ortho intramolecular Hbond substituents is 1. The Morgan fingerprint density at radius 3 is 2.48 bits per heavy atom. The Kier molecular flexibility index (Phi) is 4.01. The lowest BCUT2D eigenvalue weighted by atomic mass is 10.1. The van der Waals surface area contributed by atoms with Crippen LogP contribution >= 0.6 is 11.6 Å². The molecule has 1 aliphatic carbocycles. The van der Waals surface area contributed by atoms with E-state index in [9.17, 15) is 9.90 Å². The predicted octanol–water partition coefficient (Wildman–Crippen LogP) is 3.89. The maximum absolute atomic E-state index is 12.6. The maximum atomic E-state index is 12.6. The van der Waals surface area contributed by atoms with Crippen LogP contribution in [0.4, 0.5) is 0 Å². The SMILES string of the molecule is COc1cc2c(cc1OC)C(=O)/C(=C\c1ccc(O)c(Cl)c1)C2. The molecular formula is C18H15ClO4. The van der Waals surface area contributed by atoms with Gasteiger partial charge >= 0.3 is 0 Å². The summed E-state index contributed by atoms with van der Waals surface area (Å²) in [6, 6.07) is 8.39. The Hall–Kier alpha value is -2.46. The highest BCUT2D eigenvalue weighted by Crippen LogP contribution is 2.37. The van der Waals surface area contributed by atoms with Crippen LogP contribution in [0.2, 0.25) is 5.02 Å². The monoisotopic (exact) mass is 330 g/mol. The van der Waals surface area contributed by atoms with Crippen molar-refractivity contribution < 1.29 is 19.4 Å². The van der Waals surface area contributed by atoms with Gasteiger partial charge in [0.25, 0.3) is 0 Å². The molecule has 0 unspecified atom stereocenters. The third-order valence-electron chi connectivity index (χ3n) is 3.84. The summed E-state index contributed by atoms with van der Waals surface area (Å²) in [5.74, 6) is 1.12. The number of aromatic hydroxyl groups is 1. The lowest BCUT2D eigenvalue weighted by molar-refractivity contribution is 0.104. The lowest BCUT2D eigenvalue weighted by Crippen LogP contribution is -1.97. The highest BCUT2D eigenvalue weighted by molar-refractivity contribution is 6.32. The molecule has 1 aliphatic rings. The minimum Gasteiger partial charge on any atom is -0.506 e. The number of carbonyl (C=O) groups is 1. The second kappa shape index (κ2) is 5.97. The summed E-state index contributed by atoms with van der Waals surface area (Å²) >= 11 is 5.91. The number of Topliss-reactive ketones (excluding diaryl/α,β-unsaturated/α-hetero) is 1. The number of benzene rings is 2. The highest BCUT2D eigenvalue weighted by atomic mass is 35.5. The summed E-state index contributed by atoms with van der Waals surface area (Å²) in [6.45, 7) is 0. The van der Waals surface area contributed by atoms with Gasteiger partial charge in [-0.2, -0.15) is 0 Å². The van der Waals surface area contributed by atoms with Crippen molar-refractivity contribution in [2.75, 3.05) is 14.2 Å². The summed E-state index contributed by atoms with van der Waals surface area (Å²) < 4.78 is 10.5. The maximum Gasteiger partial charge on any atom is 0.189 e. The number of ether oxygens (including phenoxy) is 2. The molecule has 0 amide bonds. The Morgan fingerprint density at radius 1 is 1.13 bits per heavy atom. The molecule has 4 nitrogen and oxygen atoms in total. The van der Waals surface area contributed by atoms with Gasteiger partial charge in [0.2, 0.25) is 0 Å². The van der Waals surface area contributed by atoms with E-state index >= 15 is 0 Å². The zero-order valence-corrected chi connectivity index (χ0v) is 13.5. The number of carbonyl (C=O) groups excluding carboxylic acids is 1. The Labute approximate surface area is 138 Å². The van der Waals surface area contributed by atoms with E-state index in [0.29, 0.717) is 29.1 Å². The topological polar surface area (TPSA) is 55.8 Å². The molecule has 3 rings (SSSR count). The van der Waals surface area contributed by atoms with Gasteiger partial charge in [0.1, 0.15) is 5.75 Å². The highest BCUT2D eigenvalue weighted by Gasteiger charge is 2.27. The summed E-state index contributed by atoms with van der Waals surface area (Å²) in [7, 11) is 3.11. The lowest BCUT2D eigenvalue weighted by Gasteiger charge is -2.08. The number of hydrogen-bond acceptors (Lipinski definition) is 4. The van der Waals surface area contributed by atoms with Gasteiger partial charge in [-0.25, -0.2) is 0 Å². The molecule has 0 aromatic heterocycles. The molecule has 0 spiro atoms. The second-order valence-corrected chi connectivity index (χ2v) is 5.66. The van der Waals surface area contributed by atoms with E-state index in [0.717, 1.165) is 11.1 Å². The molecule has 0 heterocycles. The molecule has 2 aromatic carbocycles. The van der Waals surface area contributed by atoms with Crippen molar-refractivity contribution in [2.45, 2.75) is 6.42 Å². The van der Waals surface area contributed by atoms with Crippen molar-refractivity contribution in [1.29, 1.82) is 0 Å². The van der Waals surface area contributed by atoms with Gasteiger partial charge in [0.05, 0.1) is 19.2 Å². The number of allylic oxidation sites excluding steroid dienone is 1. The predicted molar refractivity (Wildman–Crippen MR) is 88.7 cm³/mol. The number of halogens is 1. The number of hydrogen-bond donors (Lipinski definition) is 1. The van der Waals surface area contributed by atoms with Crippen molar-refractivity contribution in [3.05, 3.63) is 57.6 Å². The van der Waals surface area contributed by atoms with Gasteiger partial charge in [-0.3, -0.25) is 4.79 Å². The zero-order valence-electron chi connectivity index (χ0n) is 12.7. The van der Waals surface area contributed by atoms with Crippen molar-refractivity contribution in [2.24, 2.45) is 0 Å². The molecule has 0 saturated heterocycles. The molecule has 2 aromatic rings. The molecule has 1 N–H and O–H groups in total. The molecule has 0 aliphatic heterocycles. The van der Waals surface area contributed by atoms with Crippen LogP contribution in [0.1, 0.15) is 21.5 Å². The van der Waals surface area contributed by atoms with Crippen LogP contribution < -0.4 is 9.47 Å². The van der Waals surface area contributed by atoms with Crippen LogP contribution in [0.3, 0.4) is 0 Å². The van der Waals surface area contributed by atoms with Crippen LogP contribution in [0.5, 0.6) is 17.2 Å². The molecule has 118 valence electrons. The molecule has 0 fully saturated rings. The first kappa shape index (κ1) is 15.4. The quantitative estimate of drug-likeness (QED) is 0.868. The number of ketones is 1. The minimum absolute atomic E-state index is 0.0179. The minimum atomic E-state index is -0.0369. The average molecular weight is 331 g/mol. The van der Waals surface area contributed by atoms with Gasteiger partial charge in [-0.1, -0.05) is 17.7 Å². The third-order valence-corrected chi connectivity index (χ3v) is 4.14. The molecule has 0 bridgehead atoms. The van der Waals surface area contributed by atoms with E-state index in [-0.39, 0.29) is 16.6 Å². The summed E-state index contributed by atoms with van der Waals surface area (Å²) in [5, 5.41) is 9.72. The van der Waals surface area contributed by atoms with Crippen LogP contribution in [0.25, 0.3) is 6.08 Å². The Bertz CT molecular complexity index is 824. The molecule has 0 atom stereocenters. The van der Waals surface area contributed by atoms with Gasteiger partial charge in [0, 0.05) is 17.6 Å². The van der Waals surface area contributed by atoms with E-state index in [2.05, 4.69) is 0 Å². The Morgan fingerprint density at radius 2 is 1.83 bits per heavy atom. The first-order valence-electron chi connectivity index (χ1n) is 7.02. The van der Waals surface area contributed by atoms with E-state index < -0.39 is 0 Å². The zero-order chi connectivity index (χ0) is 16.6. The van der Waals surface area contributed by atoms with Gasteiger partial charge < -0.3 is 14.6 Å². The summed E-state index contributed by atoms with van der Waals surface area (Å²) in [6.07, 6.45) is 2.31. The first-order chi connectivity index (χ1) is 11.0. The van der Waals surface area contributed by atoms with Crippen LogP contribution in [-0.4, -0.2) is 25.1 Å². The summed E-state index contributed by atoms with van der Waals surface area (Å²) in [5.41, 5.74) is 2.96. The first-order valence-corrected chi connectivity index (χ1v) is 7.40. The second-order valence-electron chi connectivity index (χ2n) is 5.25. The smallest absolute Gasteiger partial charge is 0.189 e. The third kappa shape index (κ3) is 2.78. The fraction of sp³-hybridized carbons (Fsp3) is 0.167. The van der Waals surface area contributed by atoms with E-state index in [1.807, 2.05) is 6.07 Å². The standard InChI is InChI=1S/C18H15ClO4/c1-22-16-8-11-7-12(18(21)13(11)9-17(16)23-2)5-10-3-4-15(20)14(19)6-10/h3-6,8-9,20H,7H2,1-2H3/b12-5-. The number of fused-ring (bicyclic) bond motifs is 1. The van der Waals surface area contributed by atoms with Gasteiger partial charge in [-0.05, 0) is 41.5 Å². The molecule has 23 heavy (non-hydrogen) atoms. The van der Waals surface area contributed by atoms with E-state index in [1.54, 1.807) is 38.5 Å². The van der Waals surface area contributed by atoms with Gasteiger partial charge in [0.15, 0.2) is 17.3 Å². The van der Waals surface area contributed by atoms with E-state index in [1.165, 1.54) is 6.07 Å². The van der Waals surface area contributed by atoms with Gasteiger partial charge in [-0.15, -0.1) is 0 Å². The number of methoxy groups -OCH3 is 2. The van der Waals surface area contributed by atoms with Crippen LogP contribution in [0.15, 0.2) is 35.9 Å². The van der Waals surface area contributed by atoms with Crippen LogP contribution in [0, 0.1) is 0 Å². The van der Waals surface area contributed by atoms with Crippen LogP contribution in [-0.2, 0) is 6.42 Å². The fourth-order valence-corrected chi connectivity index (χ4v) is 2.86. The number of phenols is 1. The van der Waals surface area contributed by atoms with Crippen molar-refractivity contribution >= 4 is 23.5 Å². The normalized spacial score (nSPS) is 14.9.